The molecule has 1 amide bonds. The van der Waals surface area contributed by atoms with Crippen molar-refractivity contribution in [2.45, 2.75) is 12.8 Å². The summed E-state index contributed by atoms with van der Waals surface area (Å²) in [4.78, 5) is 35.4. The Morgan fingerprint density at radius 3 is 2.06 bits per heavy atom. The SMILES string of the molecule is COc1ncc(OC)c2c(C(=O)C(=O)N3CCC(=C(c4ccccc4)c4ccccc4)CC3)c[nH]c12. The molecule has 7 heteroatoms. The monoisotopic (exact) mass is 481 g/mol. The van der Waals surface area contributed by atoms with E-state index in [0.29, 0.717) is 48.5 Å². The van der Waals surface area contributed by atoms with Gasteiger partial charge in [0.2, 0.25) is 5.88 Å². The van der Waals surface area contributed by atoms with Gasteiger partial charge in [-0.1, -0.05) is 66.2 Å². The Hall–Kier alpha value is -4.39. The Morgan fingerprint density at radius 1 is 0.889 bits per heavy atom. The number of benzene rings is 2. The fourth-order valence-corrected chi connectivity index (χ4v) is 4.86. The number of pyridine rings is 1. The number of amides is 1. The van der Waals surface area contributed by atoms with Gasteiger partial charge in [0.1, 0.15) is 11.3 Å². The first kappa shape index (κ1) is 23.4. The van der Waals surface area contributed by atoms with Crippen LogP contribution in [0.2, 0.25) is 0 Å². The molecule has 0 spiro atoms. The van der Waals surface area contributed by atoms with E-state index in [0.717, 1.165) is 11.1 Å². The lowest BCUT2D eigenvalue weighted by molar-refractivity contribution is -0.126. The third-order valence-electron chi connectivity index (χ3n) is 6.62. The van der Waals surface area contributed by atoms with E-state index < -0.39 is 11.7 Å². The molecule has 1 saturated heterocycles. The average molecular weight is 482 g/mol. The second-order valence-electron chi connectivity index (χ2n) is 8.62. The summed E-state index contributed by atoms with van der Waals surface area (Å²) >= 11 is 0. The number of fused-ring (bicyclic) bond motifs is 1. The largest absolute Gasteiger partial charge is 0.494 e. The molecule has 1 N–H and O–H groups in total. The average Bonchev–Trinajstić information content (AvgIpc) is 3.39. The maximum absolute atomic E-state index is 13.3. The molecule has 2 aromatic heterocycles. The van der Waals surface area contributed by atoms with Crippen LogP contribution >= 0.6 is 0 Å². The molecule has 0 radical (unpaired) electrons. The minimum atomic E-state index is -0.577. The number of piperidine rings is 1. The number of ether oxygens (including phenoxy) is 2. The maximum atomic E-state index is 13.3. The van der Waals surface area contributed by atoms with Crippen LogP contribution in [0, 0.1) is 0 Å². The number of rotatable bonds is 6. The third-order valence-corrected chi connectivity index (χ3v) is 6.62. The van der Waals surface area contributed by atoms with Crippen LogP contribution in [0.4, 0.5) is 0 Å². The summed E-state index contributed by atoms with van der Waals surface area (Å²) in [5.41, 5.74) is 5.57. The zero-order chi connectivity index (χ0) is 25.1. The van der Waals surface area contributed by atoms with Gasteiger partial charge in [-0.15, -0.1) is 0 Å². The van der Waals surface area contributed by atoms with Crippen molar-refractivity contribution < 1.29 is 19.1 Å². The highest BCUT2D eigenvalue weighted by Gasteiger charge is 2.30. The van der Waals surface area contributed by atoms with Crippen molar-refractivity contribution in [3.8, 4) is 11.6 Å². The Kier molecular flexibility index (Phi) is 6.54. The summed E-state index contributed by atoms with van der Waals surface area (Å²) in [6, 6.07) is 20.6. The Bertz CT molecular complexity index is 1390. The Balaban J connectivity index is 1.41. The number of hydrogen-bond donors (Lipinski definition) is 1. The number of H-pyrrole nitrogens is 1. The number of methoxy groups -OCH3 is 2. The van der Waals surface area contributed by atoms with Gasteiger partial charge >= 0.3 is 0 Å². The molecule has 1 aliphatic rings. The van der Waals surface area contributed by atoms with Gasteiger partial charge in [-0.05, 0) is 29.5 Å². The van der Waals surface area contributed by atoms with Gasteiger partial charge in [0.05, 0.1) is 31.4 Å². The summed E-state index contributed by atoms with van der Waals surface area (Å²) < 4.78 is 10.7. The topological polar surface area (TPSA) is 84.5 Å². The highest BCUT2D eigenvalue weighted by molar-refractivity contribution is 6.45. The van der Waals surface area contributed by atoms with Crippen molar-refractivity contribution in [3.63, 3.8) is 0 Å². The van der Waals surface area contributed by atoms with E-state index in [2.05, 4.69) is 34.2 Å². The standard InChI is InChI=1S/C29H27N3O4/c1-35-23-18-31-28(36-2)26-25(23)22(17-30-26)27(33)29(34)32-15-13-21(14-16-32)24(19-9-5-3-6-10-19)20-11-7-4-8-12-20/h3-12,17-18,30H,13-16H2,1-2H3. The number of nitrogens with one attached hydrogen (secondary N) is 1. The van der Waals surface area contributed by atoms with Crippen LogP contribution in [-0.4, -0.2) is 53.9 Å². The van der Waals surface area contributed by atoms with Crippen molar-refractivity contribution in [1.82, 2.24) is 14.9 Å². The Labute approximate surface area is 209 Å². The van der Waals surface area contributed by atoms with Crippen LogP contribution in [0.25, 0.3) is 16.5 Å². The van der Waals surface area contributed by atoms with E-state index in [4.69, 9.17) is 9.47 Å². The van der Waals surface area contributed by atoms with Crippen molar-refractivity contribution in [3.05, 3.63) is 95.3 Å². The predicted molar refractivity (Wildman–Crippen MR) is 138 cm³/mol. The zero-order valence-electron chi connectivity index (χ0n) is 20.3. The molecular weight excluding hydrogens is 454 g/mol. The molecule has 2 aromatic carbocycles. The van der Waals surface area contributed by atoms with Crippen molar-refractivity contribution >= 4 is 28.2 Å². The summed E-state index contributed by atoms with van der Waals surface area (Å²) in [6.07, 6.45) is 4.42. The zero-order valence-corrected chi connectivity index (χ0v) is 20.3. The first-order chi connectivity index (χ1) is 17.6. The fraction of sp³-hybridized carbons (Fsp3) is 0.207. The molecule has 0 saturated carbocycles. The number of carbonyl (C=O) groups is 2. The highest BCUT2D eigenvalue weighted by Crippen LogP contribution is 2.35. The van der Waals surface area contributed by atoms with Crippen LogP contribution in [0.15, 0.2) is 78.6 Å². The van der Waals surface area contributed by atoms with Gasteiger partial charge in [-0.25, -0.2) is 4.98 Å². The molecule has 0 aliphatic carbocycles. The highest BCUT2D eigenvalue weighted by atomic mass is 16.5. The van der Waals surface area contributed by atoms with E-state index >= 15 is 0 Å². The molecule has 1 aliphatic heterocycles. The smallest absolute Gasteiger partial charge is 0.295 e. The van der Waals surface area contributed by atoms with Gasteiger partial charge in [0, 0.05) is 19.3 Å². The molecule has 7 nitrogen and oxygen atoms in total. The van der Waals surface area contributed by atoms with Gasteiger partial charge in [-0.3, -0.25) is 9.59 Å². The number of aromatic nitrogens is 2. The van der Waals surface area contributed by atoms with E-state index in [1.54, 1.807) is 4.90 Å². The first-order valence-electron chi connectivity index (χ1n) is 11.9. The Morgan fingerprint density at radius 2 is 1.50 bits per heavy atom. The van der Waals surface area contributed by atoms with Gasteiger partial charge in [0.15, 0.2) is 0 Å². The fourth-order valence-electron chi connectivity index (χ4n) is 4.86. The second-order valence-corrected chi connectivity index (χ2v) is 8.62. The third kappa shape index (κ3) is 4.24. The van der Waals surface area contributed by atoms with Crippen LogP contribution in [0.5, 0.6) is 11.6 Å². The molecule has 4 aromatic rings. The quantitative estimate of drug-likeness (QED) is 0.313. The van der Waals surface area contributed by atoms with Crippen molar-refractivity contribution in [2.75, 3.05) is 27.3 Å². The molecule has 1 fully saturated rings. The van der Waals surface area contributed by atoms with Gasteiger partial charge in [0.25, 0.3) is 11.7 Å². The second kappa shape index (κ2) is 10.1. The van der Waals surface area contributed by atoms with Gasteiger partial charge < -0.3 is 19.4 Å². The summed E-state index contributed by atoms with van der Waals surface area (Å²) in [5.74, 6) is -0.359. The molecule has 182 valence electrons. The van der Waals surface area contributed by atoms with Gasteiger partial charge in [-0.2, -0.15) is 0 Å². The van der Waals surface area contributed by atoms with Crippen LogP contribution < -0.4 is 9.47 Å². The number of likely N-dealkylation sites (tertiary alicyclic amines) is 1. The minimum absolute atomic E-state index is 0.253. The summed E-state index contributed by atoms with van der Waals surface area (Å²) in [7, 11) is 3.00. The summed E-state index contributed by atoms with van der Waals surface area (Å²) in [5, 5.41) is 0.496. The lowest BCUT2D eigenvalue weighted by Crippen LogP contribution is -2.40. The van der Waals surface area contributed by atoms with Crippen LogP contribution in [-0.2, 0) is 4.79 Å². The van der Waals surface area contributed by atoms with Crippen LogP contribution in [0.3, 0.4) is 0 Å². The molecule has 3 heterocycles. The normalized spacial score (nSPS) is 13.5. The molecule has 36 heavy (non-hydrogen) atoms. The molecule has 0 unspecified atom stereocenters. The predicted octanol–water partition coefficient (Wildman–Crippen LogP) is 4.89. The minimum Gasteiger partial charge on any atom is -0.494 e. The van der Waals surface area contributed by atoms with Crippen molar-refractivity contribution in [2.24, 2.45) is 0 Å². The number of carbonyl (C=O) groups excluding carboxylic acids is 2. The van der Waals surface area contributed by atoms with Crippen molar-refractivity contribution in [1.29, 1.82) is 0 Å². The number of ketones is 1. The number of hydrogen-bond acceptors (Lipinski definition) is 5. The molecule has 0 bridgehead atoms. The van der Waals surface area contributed by atoms with E-state index in [1.165, 1.54) is 37.8 Å². The van der Waals surface area contributed by atoms with E-state index in [9.17, 15) is 9.59 Å². The lowest BCUT2D eigenvalue weighted by atomic mass is 9.88. The van der Waals surface area contributed by atoms with E-state index in [1.807, 2.05) is 36.4 Å². The van der Waals surface area contributed by atoms with Crippen LogP contribution in [0.1, 0.15) is 34.3 Å². The molecular formula is C29H27N3O4. The molecule has 5 rings (SSSR count). The number of aromatic amines is 1. The van der Waals surface area contributed by atoms with E-state index in [-0.39, 0.29) is 5.56 Å². The number of Topliss-reactive ketones (excluding diaryl/α,β-unsaturated/α-hetero) is 1. The number of nitrogens with zero attached hydrogens (tertiary/aromatic N) is 2. The maximum Gasteiger partial charge on any atom is 0.295 e. The first-order valence-corrected chi connectivity index (χ1v) is 11.9. The molecule has 0 atom stereocenters. The lowest BCUT2D eigenvalue weighted by Gasteiger charge is -2.30. The summed E-state index contributed by atoms with van der Waals surface area (Å²) in [6.45, 7) is 0.959.